The summed E-state index contributed by atoms with van der Waals surface area (Å²) in [6, 6.07) is 0. The van der Waals surface area contributed by atoms with E-state index in [1.54, 1.807) is 13.1 Å². The fourth-order valence-corrected chi connectivity index (χ4v) is 1.94. The monoisotopic (exact) mass is 277 g/mol. The molecule has 0 spiro atoms. The first-order valence-electron chi connectivity index (χ1n) is 5.49. The highest BCUT2D eigenvalue weighted by molar-refractivity contribution is 7.16. The van der Waals surface area contributed by atoms with Crippen molar-refractivity contribution in [3.8, 4) is 11.8 Å². The molecule has 2 aromatic heterocycles. The van der Waals surface area contributed by atoms with Gasteiger partial charge in [-0.25, -0.2) is 4.98 Å². The van der Waals surface area contributed by atoms with Gasteiger partial charge in [-0.15, -0.1) is 0 Å². The second-order valence-corrected chi connectivity index (χ2v) is 4.63. The molecule has 0 radical (unpaired) electrons. The Morgan fingerprint density at radius 2 is 2.42 bits per heavy atom. The normalized spacial score (nSPS) is 9.79. The molecule has 2 N–H and O–H groups in total. The van der Waals surface area contributed by atoms with E-state index in [4.69, 9.17) is 9.63 Å². The minimum Gasteiger partial charge on any atom is -0.395 e. The third-order valence-electron chi connectivity index (χ3n) is 2.13. The van der Waals surface area contributed by atoms with Crippen molar-refractivity contribution in [3.63, 3.8) is 0 Å². The number of anilines is 1. The Kier molecular flexibility index (Phi) is 4.28. The summed E-state index contributed by atoms with van der Waals surface area (Å²) in [5.41, 5.74) is 0.664. The van der Waals surface area contributed by atoms with Crippen LogP contribution in [0.1, 0.15) is 27.4 Å². The van der Waals surface area contributed by atoms with Crippen LogP contribution in [-0.4, -0.2) is 27.8 Å². The standard InChI is InChI=1S/C12H11N3O3S/c1-8-6-14-18-10(8)11(17)15-12-13-7-9(19-12)4-2-3-5-16/h6-7,16H,3,5H2,1H3,(H,13,15,17). The lowest BCUT2D eigenvalue weighted by atomic mass is 10.3. The van der Waals surface area contributed by atoms with Gasteiger partial charge in [0.1, 0.15) is 0 Å². The summed E-state index contributed by atoms with van der Waals surface area (Å²) in [6.07, 6.45) is 3.46. The molecule has 19 heavy (non-hydrogen) atoms. The predicted octanol–water partition coefficient (Wildman–Crippen LogP) is 1.43. The topological polar surface area (TPSA) is 88.3 Å². The molecule has 2 aromatic rings. The number of aryl methyl sites for hydroxylation is 1. The summed E-state index contributed by atoms with van der Waals surface area (Å²) in [6.45, 7) is 1.76. The molecule has 0 aliphatic rings. The van der Waals surface area contributed by atoms with Gasteiger partial charge in [0.25, 0.3) is 5.91 Å². The van der Waals surface area contributed by atoms with E-state index in [2.05, 4.69) is 27.3 Å². The van der Waals surface area contributed by atoms with Gasteiger partial charge in [0, 0.05) is 12.0 Å². The summed E-state index contributed by atoms with van der Waals surface area (Å²) in [5, 5.41) is 15.2. The molecule has 0 saturated carbocycles. The molecule has 7 heteroatoms. The quantitative estimate of drug-likeness (QED) is 0.828. The highest BCUT2D eigenvalue weighted by Crippen LogP contribution is 2.18. The van der Waals surface area contributed by atoms with E-state index >= 15 is 0 Å². The van der Waals surface area contributed by atoms with Gasteiger partial charge in [0.05, 0.1) is 23.9 Å². The summed E-state index contributed by atoms with van der Waals surface area (Å²) < 4.78 is 4.84. The number of rotatable bonds is 3. The number of nitrogens with one attached hydrogen (secondary N) is 1. The van der Waals surface area contributed by atoms with Gasteiger partial charge in [-0.2, -0.15) is 0 Å². The van der Waals surface area contributed by atoms with Gasteiger partial charge in [0.15, 0.2) is 5.13 Å². The maximum Gasteiger partial charge on any atom is 0.296 e. The fraction of sp³-hybridized carbons (Fsp3) is 0.250. The van der Waals surface area contributed by atoms with E-state index in [0.717, 1.165) is 4.88 Å². The van der Waals surface area contributed by atoms with Crippen LogP contribution in [0.5, 0.6) is 0 Å². The number of carbonyl (C=O) groups is 1. The Hall–Kier alpha value is -2.17. The largest absolute Gasteiger partial charge is 0.395 e. The maximum absolute atomic E-state index is 11.8. The first-order chi connectivity index (χ1) is 9.20. The number of hydrogen-bond donors (Lipinski definition) is 2. The molecule has 0 aromatic carbocycles. The predicted molar refractivity (Wildman–Crippen MR) is 69.9 cm³/mol. The van der Waals surface area contributed by atoms with E-state index in [9.17, 15) is 4.79 Å². The first kappa shape index (κ1) is 13.3. The zero-order valence-corrected chi connectivity index (χ0v) is 11.0. The number of thiazole rings is 1. The second kappa shape index (κ2) is 6.13. The zero-order chi connectivity index (χ0) is 13.7. The Morgan fingerprint density at radius 1 is 1.58 bits per heavy atom. The Morgan fingerprint density at radius 3 is 3.11 bits per heavy atom. The summed E-state index contributed by atoms with van der Waals surface area (Å²) in [7, 11) is 0. The van der Waals surface area contributed by atoms with Gasteiger partial charge < -0.3 is 9.63 Å². The van der Waals surface area contributed by atoms with Crippen LogP contribution < -0.4 is 5.32 Å². The van der Waals surface area contributed by atoms with Crippen molar-refractivity contribution in [1.82, 2.24) is 10.1 Å². The van der Waals surface area contributed by atoms with Crippen molar-refractivity contribution in [2.45, 2.75) is 13.3 Å². The Labute approximate surface area is 113 Å². The molecule has 2 heterocycles. The number of amides is 1. The highest BCUT2D eigenvalue weighted by atomic mass is 32.1. The molecule has 6 nitrogen and oxygen atoms in total. The molecule has 0 fully saturated rings. The summed E-state index contributed by atoms with van der Waals surface area (Å²) in [4.78, 5) is 16.6. The highest BCUT2D eigenvalue weighted by Gasteiger charge is 2.15. The van der Waals surface area contributed by atoms with Crippen molar-refractivity contribution >= 4 is 22.4 Å². The minimum absolute atomic E-state index is 0.0279. The van der Waals surface area contributed by atoms with Gasteiger partial charge in [-0.1, -0.05) is 28.3 Å². The van der Waals surface area contributed by atoms with Crippen molar-refractivity contribution in [3.05, 3.63) is 28.6 Å². The van der Waals surface area contributed by atoms with Crippen molar-refractivity contribution in [2.24, 2.45) is 0 Å². The number of aromatic nitrogens is 2. The average molecular weight is 277 g/mol. The lowest BCUT2D eigenvalue weighted by Gasteiger charge is -1.97. The molecular formula is C12H11N3O3S. The van der Waals surface area contributed by atoms with Crippen molar-refractivity contribution in [2.75, 3.05) is 11.9 Å². The third kappa shape index (κ3) is 3.40. The van der Waals surface area contributed by atoms with Crippen LogP contribution in [0, 0.1) is 18.8 Å². The van der Waals surface area contributed by atoms with Gasteiger partial charge in [-0.3, -0.25) is 10.1 Å². The summed E-state index contributed by atoms with van der Waals surface area (Å²) in [5.74, 6) is 5.41. The average Bonchev–Trinajstić information content (AvgIpc) is 2.99. The number of nitrogens with zero attached hydrogens (tertiary/aromatic N) is 2. The third-order valence-corrected chi connectivity index (χ3v) is 2.96. The van der Waals surface area contributed by atoms with Crippen LogP contribution in [0.3, 0.4) is 0 Å². The smallest absolute Gasteiger partial charge is 0.296 e. The molecule has 1 amide bonds. The van der Waals surface area contributed by atoms with E-state index in [1.807, 2.05) is 0 Å². The molecular weight excluding hydrogens is 266 g/mol. The van der Waals surface area contributed by atoms with Gasteiger partial charge in [-0.05, 0) is 6.92 Å². The SMILES string of the molecule is Cc1cnoc1C(=O)Nc1ncc(C#CCCO)s1. The molecule has 98 valence electrons. The molecule has 0 bridgehead atoms. The van der Waals surface area contributed by atoms with E-state index in [-0.39, 0.29) is 18.3 Å². The second-order valence-electron chi connectivity index (χ2n) is 3.60. The lowest BCUT2D eigenvalue weighted by molar-refractivity contribution is 0.0987. The number of aliphatic hydroxyl groups is 1. The number of aliphatic hydroxyl groups excluding tert-OH is 1. The van der Waals surface area contributed by atoms with Crippen LogP contribution >= 0.6 is 11.3 Å². The molecule has 0 unspecified atom stereocenters. The lowest BCUT2D eigenvalue weighted by Crippen LogP contribution is -2.11. The van der Waals surface area contributed by atoms with Crippen LogP contribution in [0.15, 0.2) is 16.9 Å². The molecule has 2 rings (SSSR count). The zero-order valence-electron chi connectivity index (χ0n) is 10.1. The van der Waals surface area contributed by atoms with Gasteiger partial charge >= 0.3 is 0 Å². The van der Waals surface area contributed by atoms with Crippen LogP contribution in [0.25, 0.3) is 0 Å². The van der Waals surface area contributed by atoms with E-state index in [1.165, 1.54) is 17.5 Å². The molecule has 0 atom stereocenters. The van der Waals surface area contributed by atoms with E-state index < -0.39 is 0 Å². The van der Waals surface area contributed by atoms with Gasteiger partial charge in [0.2, 0.25) is 5.76 Å². The number of carbonyl (C=O) groups excluding carboxylic acids is 1. The van der Waals surface area contributed by atoms with Crippen LogP contribution in [-0.2, 0) is 0 Å². The van der Waals surface area contributed by atoms with Crippen LogP contribution in [0.2, 0.25) is 0 Å². The first-order valence-corrected chi connectivity index (χ1v) is 6.30. The maximum atomic E-state index is 11.8. The summed E-state index contributed by atoms with van der Waals surface area (Å²) >= 11 is 1.25. The molecule has 0 saturated heterocycles. The molecule has 0 aliphatic carbocycles. The minimum atomic E-state index is -0.390. The van der Waals surface area contributed by atoms with Crippen molar-refractivity contribution in [1.29, 1.82) is 0 Å². The molecule has 0 aliphatic heterocycles. The fourth-order valence-electron chi connectivity index (χ4n) is 1.26. The van der Waals surface area contributed by atoms with E-state index in [0.29, 0.717) is 17.1 Å². The Bertz CT molecular complexity index is 636. The Balaban J connectivity index is 2.03. The number of hydrogen-bond acceptors (Lipinski definition) is 6. The van der Waals surface area contributed by atoms with Crippen LogP contribution in [0.4, 0.5) is 5.13 Å². The van der Waals surface area contributed by atoms with Crippen molar-refractivity contribution < 1.29 is 14.4 Å².